The zero-order valence-corrected chi connectivity index (χ0v) is 11.9. The van der Waals surface area contributed by atoms with Crippen molar-refractivity contribution >= 4 is 23.6 Å². The van der Waals surface area contributed by atoms with E-state index >= 15 is 0 Å². The van der Waals surface area contributed by atoms with Gasteiger partial charge in [-0.25, -0.2) is 0 Å². The van der Waals surface area contributed by atoms with Crippen LogP contribution in [-0.4, -0.2) is 18.7 Å². The number of carbonyl (C=O) groups excluding carboxylic acids is 1. The molecule has 0 aromatic heterocycles. The Labute approximate surface area is 122 Å². The summed E-state index contributed by atoms with van der Waals surface area (Å²) in [5.74, 6) is 1.74. The molecular weight excluding hydrogens is 278 g/mol. The molecule has 1 unspecified atom stereocenters. The van der Waals surface area contributed by atoms with Gasteiger partial charge in [-0.3, -0.25) is 4.79 Å². The minimum Gasteiger partial charge on any atom is -0.454 e. The summed E-state index contributed by atoms with van der Waals surface area (Å²) in [5.41, 5.74) is 0.813. The van der Waals surface area contributed by atoms with E-state index < -0.39 is 0 Å². The molecule has 1 fully saturated rings. The molecule has 2 aliphatic rings. The Hall–Kier alpha value is -1.68. The molecule has 0 bridgehead atoms. The minimum absolute atomic E-state index is 0.0850. The van der Waals surface area contributed by atoms with E-state index in [4.69, 9.17) is 21.1 Å². The van der Waals surface area contributed by atoms with Crippen LogP contribution in [-0.2, 0) is 4.79 Å². The van der Waals surface area contributed by atoms with Gasteiger partial charge in [0, 0.05) is 12.1 Å². The number of benzene rings is 1. The highest BCUT2D eigenvalue weighted by molar-refractivity contribution is 6.32. The van der Waals surface area contributed by atoms with Gasteiger partial charge in [-0.15, -0.1) is 0 Å². The van der Waals surface area contributed by atoms with E-state index in [9.17, 15) is 4.79 Å². The van der Waals surface area contributed by atoms with Crippen molar-refractivity contribution in [3.05, 3.63) is 28.8 Å². The summed E-state index contributed by atoms with van der Waals surface area (Å²) in [6.45, 7) is 2.22. The molecule has 106 valence electrons. The van der Waals surface area contributed by atoms with E-state index in [1.807, 2.05) is 13.0 Å². The summed E-state index contributed by atoms with van der Waals surface area (Å²) in [7, 11) is 0. The molecule has 0 saturated heterocycles. The van der Waals surface area contributed by atoms with Crippen LogP contribution < -0.4 is 14.8 Å². The molecule has 1 aromatic rings. The first kappa shape index (κ1) is 13.3. The average Bonchev–Trinajstić information content (AvgIpc) is 3.15. The number of rotatable bonds is 4. The van der Waals surface area contributed by atoms with Crippen LogP contribution in [0, 0.1) is 5.92 Å². The average molecular weight is 294 g/mol. The summed E-state index contributed by atoms with van der Waals surface area (Å²) < 4.78 is 10.5. The highest BCUT2D eigenvalue weighted by atomic mass is 35.5. The first-order valence-electron chi connectivity index (χ1n) is 6.71. The molecule has 1 heterocycles. The first-order chi connectivity index (χ1) is 9.63. The SMILES string of the molecule is CC(NC(=O)/C=C/c1cc(Cl)c2c(c1)OCO2)C1CC1. The van der Waals surface area contributed by atoms with Crippen molar-refractivity contribution < 1.29 is 14.3 Å². The minimum atomic E-state index is -0.0850. The monoisotopic (exact) mass is 293 g/mol. The number of hydrogen-bond acceptors (Lipinski definition) is 3. The van der Waals surface area contributed by atoms with E-state index in [0.29, 0.717) is 22.4 Å². The number of ether oxygens (including phenoxy) is 2. The number of nitrogens with one attached hydrogen (secondary N) is 1. The highest BCUT2D eigenvalue weighted by Gasteiger charge is 2.28. The van der Waals surface area contributed by atoms with Crippen LogP contribution in [0.5, 0.6) is 11.5 Å². The van der Waals surface area contributed by atoms with Crippen LogP contribution in [0.2, 0.25) is 5.02 Å². The maximum atomic E-state index is 11.8. The summed E-state index contributed by atoms with van der Waals surface area (Å²) in [4.78, 5) is 11.8. The van der Waals surface area contributed by atoms with Crippen LogP contribution in [0.25, 0.3) is 6.08 Å². The van der Waals surface area contributed by atoms with Gasteiger partial charge in [-0.1, -0.05) is 11.6 Å². The van der Waals surface area contributed by atoms with Gasteiger partial charge in [0.05, 0.1) is 5.02 Å². The van der Waals surface area contributed by atoms with Crippen LogP contribution in [0.4, 0.5) is 0 Å². The molecule has 3 rings (SSSR count). The van der Waals surface area contributed by atoms with Crippen molar-refractivity contribution in [1.82, 2.24) is 5.32 Å². The van der Waals surface area contributed by atoms with Gasteiger partial charge in [0.2, 0.25) is 12.7 Å². The zero-order chi connectivity index (χ0) is 14.1. The van der Waals surface area contributed by atoms with Crippen molar-refractivity contribution in [2.45, 2.75) is 25.8 Å². The van der Waals surface area contributed by atoms with Crippen molar-refractivity contribution in [3.8, 4) is 11.5 Å². The predicted octanol–water partition coefficient (Wildman–Crippen LogP) is 3.00. The molecule has 1 saturated carbocycles. The normalized spacial score (nSPS) is 18.3. The highest BCUT2D eigenvalue weighted by Crippen LogP contribution is 2.40. The van der Waals surface area contributed by atoms with Crippen molar-refractivity contribution in [1.29, 1.82) is 0 Å². The Morgan fingerprint density at radius 1 is 1.45 bits per heavy atom. The molecule has 1 aliphatic heterocycles. The van der Waals surface area contributed by atoms with Crippen molar-refractivity contribution in [2.24, 2.45) is 5.92 Å². The third-order valence-electron chi connectivity index (χ3n) is 3.58. The Balaban J connectivity index is 1.66. The quantitative estimate of drug-likeness (QED) is 0.868. The Bertz CT molecular complexity index is 566. The van der Waals surface area contributed by atoms with Gasteiger partial charge in [0.15, 0.2) is 11.5 Å². The zero-order valence-electron chi connectivity index (χ0n) is 11.2. The number of halogens is 1. The lowest BCUT2D eigenvalue weighted by molar-refractivity contribution is -0.117. The molecule has 0 radical (unpaired) electrons. The Kier molecular flexibility index (Phi) is 3.57. The fourth-order valence-electron chi connectivity index (χ4n) is 2.24. The molecular formula is C15H16ClNO3. The standard InChI is InChI=1S/C15H16ClNO3/c1-9(11-3-4-11)17-14(18)5-2-10-6-12(16)15-13(7-10)19-8-20-15/h2,5-7,9,11H,3-4,8H2,1H3,(H,17,18)/b5-2+. The van der Waals surface area contributed by atoms with Crippen molar-refractivity contribution in [3.63, 3.8) is 0 Å². The van der Waals surface area contributed by atoms with Gasteiger partial charge < -0.3 is 14.8 Å². The second kappa shape index (κ2) is 5.37. The van der Waals surface area contributed by atoms with Gasteiger partial charge in [-0.05, 0) is 49.5 Å². The van der Waals surface area contributed by atoms with Crippen LogP contribution in [0.3, 0.4) is 0 Å². The van der Waals surface area contributed by atoms with Crippen LogP contribution in [0.1, 0.15) is 25.3 Å². The summed E-state index contributed by atoms with van der Waals surface area (Å²) >= 11 is 6.08. The van der Waals surface area contributed by atoms with E-state index in [1.165, 1.54) is 18.9 Å². The number of carbonyl (C=O) groups is 1. The van der Waals surface area contributed by atoms with E-state index in [2.05, 4.69) is 5.32 Å². The third-order valence-corrected chi connectivity index (χ3v) is 3.86. The van der Waals surface area contributed by atoms with Crippen LogP contribution >= 0.6 is 11.6 Å². The van der Waals surface area contributed by atoms with Gasteiger partial charge >= 0.3 is 0 Å². The number of hydrogen-bond donors (Lipinski definition) is 1. The second-order valence-corrected chi connectivity index (χ2v) is 5.61. The van der Waals surface area contributed by atoms with Gasteiger partial charge in [-0.2, -0.15) is 0 Å². The molecule has 1 N–H and O–H groups in total. The maximum Gasteiger partial charge on any atom is 0.244 e. The van der Waals surface area contributed by atoms with E-state index in [0.717, 1.165) is 5.56 Å². The smallest absolute Gasteiger partial charge is 0.244 e. The summed E-state index contributed by atoms with van der Waals surface area (Å²) in [6, 6.07) is 3.80. The maximum absolute atomic E-state index is 11.8. The Morgan fingerprint density at radius 3 is 3.00 bits per heavy atom. The van der Waals surface area contributed by atoms with Crippen LogP contribution in [0.15, 0.2) is 18.2 Å². The molecule has 1 amide bonds. The number of fused-ring (bicyclic) bond motifs is 1. The Morgan fingerprint density at radius 2 is 2.25 bits per heavy atom. The second-order valence-electron chi connectivity index (χ2n) is 5.20. The number of amides is 1. The largest absolute Gasteiger partial charge is 0.454 e. The van der Waals surface area contributed by atoms with Crippen molar-refractivity contribution in [2.75, 3.05) is 6.79 Å². The van der Waals surface area contributed by atoms with Gasteiger partial charge in [0.25, 0.3) is 0 Å². The fraction of sp³-hybridized carbons (Fsp3) is 0.400. The van der Waals surface area contributed by atoms with Gasteiger partial charge in [0.1, 0.15) is 0 Å². The lowest BCUT2D eigenvalue weighted by Crippen LogP contribution is -2.32. The lowest BCUT2D eigenvalue weighted by atomic mass is 10.1. The molecule has 1 atom stereocenters. The topological polar surface area (TPSA) is 47.6 Å². The van der Waals surface area contributed by atoms with E-state index in [1.54, 1.807) is 12.1 Å². The summed E-state index contributed by atoms with van der Waals surface area (Å²) in [5, 5.41) is 3.46. The van der Waals surface area contributed by atoms with E-state index in [-0.39, 0.29) is 18.7 Å². The fourth-order valence-corrected chi connectivity index (χ4v) is 2.52. The lowest BCUT2D eigenvalue weighted by Gasteiger charge is -2.10. The molecule has 1 aliphatic carbocycles. The summed E-state index contributed by atoms with van der Waals surface area (Å²) in [6.07, 6.45) is 5.67. The molecule has 5 heteroatoms. The molecule has 4 nitrogen and oxygen atoms in total. The predicted molar refractivity (Wildman–Crippen MR) is 76.9 cm³/mol. The first-order valence-corrected chi connectivity index (χ1v) is 7.09. The third kappa shape index (κ3) is 2.90. The molecule has 0 spiro atoms. The molecule has 1 aromatic carbocycles. The molecule has 20 heavy (non-hydrogen) atoms.